The Balaban J connectivity index is 1.70. The number of nitrogens with zero attached hydrogens (tertiary/aromatic N) is 1. The van der Waals surface area contributed by atoms with Gasteiger partial charge in [0.2, 0.25) is 15.9 Å². The Hall–Kier alpha value is -1.48. The predicted octanol–water partition coefficient (Wildman–Crippen LogP) is 3.92. The van der Waals surface area contributed by atoms with E-state index in [1.54, 1.807) is 18.3 Å². The molecule has 2 aromatic rings. The summed E-state index contributed by atoms with van der Waals surface area (Å²) in [4.78, 5) is 17.3. The van der Waals surface area contributed by atoms with Crippen LogP contribution >= 0.6 is 22.9 Å². The number of sulfonamides is 1. The number of benzene rings is 1. The molecule has 0 radical (unpaired) electrons. The van der Waals surface area contributed by atoms with Gasteiger partial charge in [-0.1, -0.05) is 49.8 Å². The average Bonchev–Trinajstić information content (AvgIpc) is 3.23. The number of primary sulfonamides is 1. The van der Waals surface area contributed by atoms with Crippen LogP contribution in [0.4, 0.5) is 5.13 Å². The Morgan fingerprint density at radius 1 is 1.29 bits per heavy atom. The summed E-state index contributed by atoms with van der Waals surface area (Å²) >= 11 is 7.60. The monoisotopic (exact) mass is 439 g/mol. The number of hydrogen-bond donors (Lipinski definition) is 2. The predicted molar refractivity (Wildman–Crippen MR) is 110 cm³/mol. The first kappa shape index (κ1) is 19.8. The first-order valence-corrected chi connectivity index (χ1v) is 12.2. The van der Waals surface area contributed by atoms with Gasteiger partial charge in [0.05, 0.1) is 10.4 Å². The number of nitrogens with two attached hydrogens (primary N) is 1. The van der Waals surface area contributed by atoms with Crippen molar-refractivity contribution >= 4 is 44.0 Å². The molecule has 2 atom stereocenters. The fourth-order valence-electron chi connectivity index (χ4n) is 4.62. The van der Waals surface area contributed by atoms with Gasteiger partial charge in [0.25, 0.3) is 0 Å². The van der Waals surface area contributed by atoms with E-state index < -0.39 is 15.4 Å². The molecule has 0 aliphatic heterocycles. The number of carbonyl (C=O) groups is 1. The largest absolute Gasteiger partial charge is 0.301 e. The van der Waals surface area contributed by atoms with Gasteiger partial charge in [-0.2, -0.15) is 0 Å². The van der Waals surface area contributed by atoms with Crippen LogP contribution in [-0.4, -0.2) is 19.3 Å². The summed E-state index contributed by atoms with van der Waals surface area (Å²) in [5.74, 6) is 0.620. The minimum absolute atomic E-state index is 0.0516. The SMILES string of the molecule is NS(=O)(=O)c1ccc(C2(C(=O)Nc3nccs3)CC2C2CCCCC2)cc1Cl. The van der Waals surface area contributed by atoms with E-state index in [0.717, 1.165) is 24.8 Å². The van der Waals surface area contributed by atoms with Crippen LogP contribution in [0.3, 0.4) is 0 Å². The second-order valence-corrected chi connectivity index (χ2v) is 10.5. The lowest BCUT2D eigenvalue weighted by atomic mass is 9.80. The average molecular weight is 440 g/mol. The topological polar surface area (TPSA) is 102 Å². The van der Waals surface area contributed by atoms with Gasteiger partial charge >= 0.3 is 0 Å². The summed E-state index contributed by atoms with van der Waals surface area (Å²) < 4.78 is 23.4. The molecular formula is C19H22ClN3O3S2. The van der Waals surface area contributed by atoms with Gasteiger partial charge in [-0.3, -0.25) is 4.79 Å². The van der Waals surface area contributed by atoms with E-state index in [-0.39, 0.29) is 21.7 Å². The van der Waals surface area contributed by atoms with Crippen LogP contribution in [0.5, 0.6) is 0 Å². The molecule has 2 aliphatic carbocycles. The van der Waals surface area contributed by atoms with Crippen LogP contribution in [0, 0.1) is 11.8 Å². The fourth-order valence-corrected chi connectivity index (χ4v) is 6.24. The van der Waals surface area contributed by atoms with Gasteiger partial charge < -0.3 is 5.32 Å². The third-order valence-electron chi connectivity index (χ3n) is 6.05. The molecule has 3 N–H and O–H groups in total. The minimum atomic E-state index is -3.91. The number of nitrogens with one attached hydrogen (secondary N) is 1. The number of carbonyl (C=O) groups excluding carboxylic acids is 1. The van der Waals surface area contributed by atoms with Gasteiger partial charge in [0.15, 0.2) is 5.13 Å². The van der Waals surface area contributed by atoms with Crippen molar-refractivity contribution in [2.75, 3.05) is 5.32 Å². The molecule has 4 rings (SSSR count). The normalized spacial score (nSPS) is 25.4. The summed E-state index contributed by atoms with van der Waals surface area (Å²) in [5, 5.41) is 10.6. The van der Waals surface area contributed by atoms with E-state index in [2.05, 4.69) is 10.3 Å². The van der Waals surface area contributed by atoms with Gasteiger partial charge in [-0.05, 0) is 36.0 Å². The summed E-state index contributed by atoms with van der Waals surface area (Å²) in [6, 6.07) is 4.67. The molecule has 2 saturated carbocycles. The molecule has 1 aromatic heterocycles. The van der Waals surface area contributed by atoms with Crippen molar-refractivity contribution in [2.24, 2.45) is 17.0 Å². The molecule has 1 aromatic carbocycles. The van der Waals surface area contributed by atoms with E-state index in [1.807, 2.05) is 5.38 Å². The third-order valence-corrected chi connectivity index (χ3v) is 8.13. The highest BCUT2D eigenvalue weighted by Gasteiger charge is 2.63. The Bertz CT molecular complexity index is 988. The van der Waals surface area contributed by atoms with Crippen molar-refractivity contribution in [3.8, 4) is 0 Å². The molecular weight excluding hydrogens is 418 g/mol. The maximum Gasteiger partial charge on any atom is 0.239 e. The maximum atomic E-state index is 13.3. The summed E-state index contributed by atoms with van der Waals surface area (Å²) in [5.41, 5.74) is 0.0447. The third kappa shape index (κ3) is 3.58. The number of aromatic nitrogens is 1. The van der Waals surface area contributed by atoms with Gasteiger partial charge in [0, 0.05) is 11.6 Å². The van der Waals surface area contributed by atoms with Gasteiger partial charge in [0.1, 0.15) is 4.90 Å². The molecule has 2 aliphatic rings. The molecule has 0 saturated heterocycles. The molecule has 2 fully saturated rings. The molecule has 9 heteroatoms. The Labute approximate surface area is 173 Å². The van der Waals surface area contributed by atoms with Crippen molar-refractivity contribution in [1.82, 2.24) is 4.98 Å². The number of amides is 1. The zero-order valence-corrected chi connectivity index (χ0v) is 17.6. The van der Waals surface area contributed by atoms with Crippen LogP contribution in [0.15, 0.2) is 34.7 Å². The second kappa shape index (κ2) is 7.40. The second-order valence-electron chi connectivity index (χ2n) is 7.66. The van der Waals surface area contributed by atoms with Crippen LogP contribution in [-0.2, 0) is 20.2 Å². The number of thiazole rings is 1. The van der Waals surface area contributed by atoms with E-state index in [4.69, 9.17) is 16.7 Å². The smallest absolute Gasteiger partial charge is 0.239 e. The summed E-state index contributed by atoms with van der Waals surface area (Å²) in [7, 11) is -3.91. The van der Waals surface area contributed by atoms with E-state index in [9.17, 15) is 13.2 Å². The number of rotatable bonds is 5. The molecule has 150 valence electrons. The lowest BCUT2D eigenvalue weighted by Crippen LogP contribution is -2.32. The Morgan fingerprint density at radius 2 is 2.04 bits per heavy atom. The molecule has 0 bridgehead atoms. The highest BCUT2D eigenvalue weighted by molar-refractivity contribution is 7.89. The lowest BCUT2D eigenvalue weighted by Gasteiger charge is -2.26. The van der Waals surface area contributed by atoms with Crippen LogP contribution in [0.25, 0.3) is 0 Å². The standard InChI is InChI=1S/C19H22ClN3O3S2/c20-15-10-13(6-7-16(15)28(21,25)26)19(17(24)23-18-22-8-9-27-18)11-14(19)12-4-2-1-3-5-12/h6-10,12,14H,1-5,11H2,(H2,21,25,26)(H,22,23,24). The van der Waals surface area contributed by atoms with Crippen molar-refractivity contribution in [3.63, 3.8) is 0 Å². The minimum Gasteiger partial charge on any atom is -0.301 e. The zero-order chi connectivity index (χ0) is 19.9. The molecule has 0 spiro atoms. The number of halogens is 1. The Kier molecular flexibility index (Phi) is 5.24. The first-order chi connectivity index (χ1) is 13.3. The molecule has 28 heavy (non-hydrogen) atoms. The van der Waals surface area contributed by atoms with E-state index >= 15 is 0 Å². The molecule has 2 unspecified atom stereocenters. The highest BCUT2D eigenvalue weighted by atomic mass is 35.5. The van der Waals surface area contributed by atoms with Crippen LogP contribution < -0.4 is 10.5 Å². The van der Waals surface area contributed by atoms with Crippen molar-refractivity contribution < 1.29 is 13.2 Å². The van der Waals surface area contributed by atoms with E-state index in [0.29, 0.717) is 11.0 Å². The van der Waals surface area contributed by atoms with Crippen molar-refractivity contribution in [2.45, 2.75) is 48.8 Å². The highest BCUT2D eigenvalue weighted by Crippen LogP contribution is 2.61. The molecule has 1 heterocycles. The number of anilines is 1. The first-order valence-electron chi connectivity index (χ1n) is 9.36. The zero-order valence-electron chi connectivity index (χ0n) is 15.2. The van der Waals surface area contributed by atoms with Gasteiger partial charge in [-0.15, -0.1) is 11.3 Å². The van der Waals surface area contributed by atoms with Crippen molar-refractivity contribution in [1.29, 1.82) is 0 Å². The van der Waals surface area contributed by atoms with Crippen LogP contribution in [0.1, 0.15) is 44.1 Å². The van der Waals surface area contributed by atoms with Crippen molar-refractivity contribution in [3.05, 3.63) is 40.4 Å². The maximum absolute atomic E-state index is 13.3. The summed E-state index contributed by atoms with van der Waals surface area (Å²) in [6.45, 7) is 0. The van der Waals surface area contributed by atoms with Crippen LogP contribution in [0.2, 0.25) is 5.02 Å². The van der Waals surface area contributed by atoms with E-state index in [1.165, 1.54) is 36.7 Å². The lowest BCUT2D eigenvalue weighted by molar-refractivity contribution is -0.119. The quantitative estimate of drug-likeness (QED) is 0.736. The molecule has 1 amide bonds. The summed E-state index contributed by atoms with van der Waals surface area (Å²) in [6.07, 6.45) is 8.26. The van der Waals surface area contributed by atoms with Gasteiger partial charge in [-0.25, -0.2) is 18.5 Å². The molecule has 6 nitrogen and oxygen atoms in total. The fraction of sp³-hybridized carbons (Fsp3) is 0.474. The number of hydrogen-bond acceptors (Lipinski definition) is 5. The Morgan fingerprint density at radius 3 is 2.64 bits per heavy atom.